The van der Waals surface area contributed by atoms with Gasteiger partial charge in [0.15, 0.2) is 10.8 Å². The van der Waals surface area contributed by atoms with Gasteiger partial charge < -0.3 is 0 Å². The summed E-state index contributed by atoms with van der Waals surface area (Å²) in [5, 5.41) is 13.7. The van der Waals surface area contributed by atoms with E-state index in [4.69, 9.17) is 16.9 Å². The molecule has 0 aliphatic carbocycles. The Labute approximate surface area is 114 Å². The number of aromatic nitrogens is 3. The fourth-order valence-corrected chi connectivity index (χ4v) is 2.06. The number of halogens is 1. The highest BCUT2D eigenvalue weighted by Crippen LogP contribution is 2.23. The number of nitriles is 1. The summed E-state index contributed by atoms with van der Waals surface area (Å²) < 4.78 is 1.69. The normalized spacial score (nSPS) is 10.6. The van der Waals surface area contributed by atoms with E-state index in [0.717, 1.165) is 22.5 Å². The minimum atomic E-state index is 0.447. The average Bonchev–Trinajstić information content (AvgIpc) is 2.82. The van der Waals surface area contributed by atoms with E-state index in [-0.39, 0.29) is 0 Å². The second-order valence-corrected chi connectivity index (χ2v) is 4.58. The van der Waals surface area contributed by atoms with Gasteiger partial charge in [-0.3, -0.25) is 0 Å². The van der Waals surface area contributed by atoms with Gasteiger partial charge in [0.05, 0.1) is 23.5 Å². The van der Waals surface area contributed by atoms with Crippen molar-refractivity contribution in [1.82, 2.24) is 14.6 Å². The molecular formula is C14H9ClN4. The van der Waals surface area contributed by atoms with Crippen molar-refractivity contribution in [1.29, 1.82) is 5.26 Å². The fraction of sp³-hybridized carbons (Fsp3) is 0.0714. The molecule has 2 heterocycles. The number of nitrogens with zero attached hydrogens (tertiary/aromatic N) is 4. The topological polar surface area (TPSA) is 54.0 Å². The summed E-state index contributed by atoms with van der Waals surface area (Å²) in [6.07, 6.45) is 1.73. The lowest BCUT2D eigenvalue weighted by Gasteiger charge is -2.03. The van der Waals surface area contributed by atoms with Crippen LogP contribution in [0.3, 0.4) is 0 Å². The Balaban J connectivity index is 2.25. The van der Waals surface area contributed by atoms with Crippen molar-refractivity contribution >= 4 is 17.2 Å². The highest BCUT2D eigenvalue weighted by atomic mass is 35.5. The highest BCUT2D eigenvalue weighted by Gasteiger charge is 2.09. The van der Waals surface area contributed by atoms with Crippen LogP contribution in [-0.4, -0.2) is 14.6 Å². The van der Waals surface area contributed by atoms with Crippen molar-refractivity contribution in [3.8, 4) is 17.3 Å². The summed E-state index contributed by atoms with van der Waals surface area (Å²) >= 11 is 6.05. The van der Waals surface area contributed by atoms with Crippen LogP contribution in [0, 0.1) is 18.3 Å². The Hall–Kier alpha value is -2.38. The van der Waals surface area contributed by atoms with Crippen molar-refractivity contribution < 1.29 is 0 Å². The first-order valence-corrected chi connectivity index (χ1v) is 6.08. The highest BCUT2D eigenvalue weighted by molar-refractivity contribution is 6.30. The molecule has 5 heteroatoms. The number of hydrogen-bond acceptors (Lipinski definition) is 3. The van der Waals surface area contributed by atoms with Crippen LogP contribution < -0.4 is 0 Å². The summed E-state index contributed by atoms with van der Waals surface area (Å²) in [5.74, 6) is 0. The van der Waals surface area contributed by atoms with Gasteiger partial charge in [0.25, 0.3) is 0 Å². The Morgan fingerprint density at radius 1 is 1.32 bits per heavy atom. The molecule has 0 saturated heterocycles. The molecule has 0 N–H and O–H groups in total. The van der Waals surface area contributed by atoms with Gasteiger partial charge in [-0.15, -0.1) is 0 Å². The van der Waals surface area contributed by atoms with Crippen LogP contribution >= 0.6 is 11.6 Å². The van der Waals surface area contributed by atoms with Crippen molar-refractivity contribution in [2.24, 2.45) is 0 Å². The molecule has 0 saturated carbocycles. The molecule has 19 heavy (non-hydrogen) atoms. The van der Waals surface area contributed by atoms with Gasteiger partial charge in [-0.2, -0.15) is 10.4 Å². The molecule has 0 spiro atoms. The zero-order valence-electron chi connectivity index (χ0n) is 10.1. The number of rotatable bonds is 1. The third-order valence-corrected chi connectivity index (χ3v) is 3.28. The van der Waals surface area contributed by atoms with Crippen LogP contribution in [0.25, 0.3) is 16.9 Å². The fourth-order valence-electron chi connectivity index (χ4n) is 1.93. The van der Waals surface area contributed by atoms with Gasteiger partial charge in [-0.1, -0.05) is 23.7 Å². The molecule has 0 fully saturated rings. The number of fused-ring (bicyclic) bond motifs is 1. The zero-order chi connectivity index (χ0) is 13.4. The van der Waals surface area contributed by atoms with E-state index in [1.807, 2.05) is 25.1 Å². The molecule has 2 aromatic heterocycles. The first-order chi connectivity index (χ1) is 9.19. The lowest BCUT2D eigenvalue weighted by molar-refractivity contribution is 0.934. The Bertz CT molecular complexity index is 814. The third-order valence-electron chi connectivity index (χ3n) is 2.91. The minimum absolute atomic E-state index is 0.447. The van der Waals surface area contributed by atoms with E-state index in [1.54, 1.807) is 22.8 Å². The zero-order valence-corrected chi connectivity index (χ0v) is 10.9. The summed E-state index contributed by atoms with van der Waals surface area (Å²) in [6.45, 7) is 1.89. The summed E-state index contributed by atoms with van der Waals surface area (Å²) in [6, 6.07) is 11.3. The maximum absolute atomic E-state index is 8.94. The van der Waals surface area contributed by atoms with E-state index < -0.39 is 0 Å². The van der Waals surface area contributed by atoms with E-state index in [0.29, 0.717) is 10.7 Å². The summed E-state index contributed by atoms with van der Waals surface area (Å²) in [5.41, 5.74) is 3.93. The largest absolute Gasteiger partial charge is 0.235 e. The summed E-state index contributed by atoms with van der Waals surface area (Å²) in [4.78, 5) is 4.31. The SMILES string of the molecule is Cc1cc2ncc(-c3cccc(C#N)c3)n2nc1Cl. The van der Waals surface area contributed by atoms with Gasteiger partial charge in [0.1, 0.15) is 0 Å². The van der Waals surface area contributed by atoms with Gasteiger partial charge in [-0.05, 0) is 30.7 Å². The molecular weight excluding hydrogens is 260 g/mol. The first kappa shape index (κ1) is 11.7. The van der Waals surface area contributed by atoms with Crippen LogP contribution in [0.2, 0.25) is 5.15 Å². The van der Waals surface area contributed by atoms with Crippen LogP contribution in [0.1, 0.15) is 11.1 Å². The Morgan fingerprint density at radius 3 is 2.95 bits per heavy atom. The van der Waals surface area contributed by atoms with Crippen molar-refractivity contribution in [3.63, 3.8) is 0 Å². The molecule has 1 aromatic carbocycles. The minimum Gasteiger partial charge on any atom is -0.235 e. The van der Waals surface area contributed by atoms with Crippen LogP contribution in [0.5, 0.6) is 0 Å². The van der Waals surface area contributed by atoms with Gasteiger partial charge in [0, 0.05) is 5.56 Å². The third kappa shape index (κ3) is 1.94. The van der Waals surface area contributed by atoms with Crippen molar-refractivity contribution in [2.75, 3.05) is 0 Å². The van der Waals surface area contributed by atoms with E-state index in [1.165, 1.54) is 0 Å². The molecule has 0 bridgehead atoms. The van der Waals surface area contributed by atoms with Crippen LogP contribution in [0.15, 0.2) is 36.5 Å². The Kier molecular flexibility index (Phi) is 2.69. The van der Waals surface area contributed by atoms with Crippen LogP contribution in [-0.2, 0) is 0 Å². The molecule has 3 rings (SSSR count). The monoisotopic (exact) mass is 268 g/mol. The van der Waals surface area contributed by atoms with E-state index >= 15 is 0 Å². The van der Waals surface area contributed by atoms with Crippen LogP contribution in [0.4, 0.5) is 0 Å². The number of benzene rings is 1. The second-order valence-electron chi connectivity index (χ2n) is 4.22. The second kappa shape index (κ2) is 4.38. The molecule has 0 amide bonds. The quantitative estimate of drug-likeness (QED) is 0.681. The van der Waals surface area contributed by atoms with Crippen molar-refractivity contribution in [3.05, 3.63) is 52.8 Å². The molecule has 0 aliphatic rings. The van der Waals surface area contributed by atoms with Crippen molar-refractivity contribution in [2.45, 2.75) is 6.92 Å². The molecule has 4 nitrogen and oxygen atoms in total. The maximum Gasteiger partial charge on any atom is 0.154 e. The lowest BCUT2D eigenvalue weighted by atomic mass is 10.1. The number of aryl methyl sites for hydroxylation is 1. The van der Waals surface area contributed by atoms with Gasteiger partial charge >= 0.3 is 0 Å². The summed E-state index contributed by atoms with van der Waals surface area (Å²) in [7, 11) is 0. The molecule has 0 aliphatic heterocycles. The molecule has 92 valence electrons. The maximum atomic E-state index is 8.94. The predicted molar refractivity (Wildman–Crippen MR) is 72.9 cm³/mol. The molecule has 3 aromatic rings. The smallest absolute Gasteiger partial charge is 0.154 e. The Morgan fingerprint density at radius 2 is 2.16 bits per heavy atom. The standard InChI is InChI=1S/C14H9ClN4/c1-9-5-13-17-8-12(19(13)18-14(9)15)11-4-2-3-10(6-11)7-16/h2-6,8H,1H3. The van der Waals surface area contributed by atoms with Gasteiger partial charge in [-0.25, -0.2) is 9.50 Å². The molecule has 0 radical (unpaired) electrons. The van der Waals surface area contributed by atoms with E-state index in [9.17, 15) is 0 Å². The number of hydrogen-bond donors (Lipinski definition) is 0. The molecule has 0 unspecified atom stereocenters. The lowest BCUT2D eigenvalue weighted by Crippen LogP contribution is -1.96. The predicted octanol–water partition coefficient (Wildman–Crippen LogP) is 3.23. The first-order valence-electron chi connectivity index (χ1n) is 5.70. The molecule has 0 atom stereocenters. The average molecular weight is 269 g/mol. The van der Waals surface area contributed by atoms with E-state index in [2.05, 4.69) is 16.2 Å². The number of imidazole rings is 1. The van der Waals surface area contributed by atoms with Gasteiger partial charge in [0.2, 0.25) is 0 Å².